The van der Waals surface area contributed by atoms with Gasteiger partial charge in [-0.15, -0.1) is 11.3 Å². The molecule has 0 aliphatic rings. The largest absolute Gasteiger partial charge is 0.383 e. The van der Waals surface area contributed by atoms with Crippen molar-refractivity contribution in [3.63, 3.8) is 0 Å². The third kappa shape index (κ3) is 2.97. The van der Waals surface area contributed by atoms with Crippen LogP contribution in [-0.2, 0) is 0 Å². The van der Waals surface area contributed by atoms with Gasteiger partial charge in [0, 0.05) is 23.2 Å². The van der Waals surface area contributed by atoms with Gasteiger partial charge < -0.3 is 5.73 Å². The molecule has 0 spiro atoms. The Hall–Kier alpha value is -3.06. The second-order valence-corrected chi connectivity index (χ2v) is 7.11. The van der Waals surface area contributed by atoms with Crippen LogP contribution in [0.15, 0.2) is 59.3 Å². The lowest BCUT2D eigenvalue weighted by atomic mass is 10.1. The number of rotatable bonds is 4. The van der Waals surface area contributed by atoms with Crippen LogP contribution in [0.5, 0.6) is 0 Å². The van der Waals surface area contributed by atoms with Crippen molar-refractivity contribution in [3.8, 4) is 10.6 Å². The molecule has 0 saturated heterocycles. The van der Waals surface area contributed by atoms with Crippen molar-refractivity contribution in [1.29, 1.82) is 0 Å². The number of pyridine rings is 2. The Morgan fingerprint density at radius 3 is 2.81 bits per heavy atom. The van der Waals surface area contributed by atoms with Gasteiger partial charge in [-0.25, -0.2) is 14.7 Å². The standard InChI is InChI=1S/C19H18N6S/c1-12(2)25-19-15(11-22-25)14(9-16(24-19)17-6-4-8-26-17)18(20)23-13-5-3-7-21-10-13/h3-12H,1-2H3,(H2,20,23). The maximum Gasteiger partial charge on any atom is 0.159 e. The highest BCUT2D eigenvalue weighted by atomic mass is 32.1. The van der Waals surface area contributed by atoms with E-state index in [9.17, 15) is 0 Å². The zero-order valence-corrected chi connectivity index (χ0v) is 15.3. The molecule has 0 atom stereocenters. The Morgan fingerprint density at radius 2 is 2.12 bits per heavy atom. The molecule has 4 rings (SSSR count). The number of amidine groups is 1. The van der Waals surface area contributed by atoms with Crippen LogP contribution in [0.4, 0.5) is 5.69 Å². The van der Waals surface area contributed by atoms with Crippen molar-refractivity contribution >= 4 is 33.9 Å². The second-order valence-electron chi connectivity index (χ2n) is 6.16. The van der Waals surface area contributed by atoms with Crippen LogP contribution in [0.2, 0.25) is 0 Å². The van der Waals surface area contributed by atoms with Crippen LogP contribution in [0, 0.1) is 0 Å². The number of nitrogens with two attached hydrogens (primary N) is 1. The molecule has 0 aliphatic carbocycles. The molecule has 0 unspecified atom stereocenters. The third-order valence-corrected chi connectivity index (χ3v) is 4.89. The molecule has 2 N–H and O–H groups in total. The van der Waals surface area contributed by atoms with Crippen molar-refractivity contribution in [2.24, 2.45) is 10.7 Å². The number of fused-ring (bicyclic) bond motifs is 1. The van der Waals surface area contributed by atoms with E-state index in [-0.39, 0.29) is 6.04 Å². The fourth-order valence-electron chi connectivity index (χ4n) is 2.78. The van der Waals surface area contributed by atoms with Gasteiger partial charge in [0.2, 0.25) is 0 Å². The SMILES string of the molecule is CC(C)n1ncc2c(C(N)=Nc3cccnc3)cc(-c3cccs3)nc21. The normalized spacial score (nSPS) is 12.2. The van der Waals surface area contributed by atoms with Gasteiger partial charge in [-0.1, -0.05) is 6.07 Å². The van der Waals surface area contributed by atoms with Gasteiger partial charge >= 0.3 is 0 Å². The zero-order valence-electron chi connectivity index (χ0n) is 14.5. The van der Waals surface area contributed by atoms with Crippen LogP contribution in [0.1, 0.15) is 25.5 Å². The van der Waals surface area contributed by atoms with E-state index in [1.807, 2.05) is 46.6 Å². The average Bonchev–Trinajstić information content (AvgIpc) is 3.31. The van der Waals surface area contributed by atoms with Gasteiger partial charge in [0.1, 0.15) is 5.84 Å². The minimum absolute atomic E-state index is 0.197. The fraction of sp³-hybridized carbons (Fsp3) is 0.158. The van der Waals surface area contributed by atoms with E-state index < -0.39 is 0 Å². The highest BCUT2D eigenvalue weighted by Gasteiger charge is 2.16. The molecule has 26 heavy (non-hydrogen) atoms. The number of hydrogen-bond donors (Lipinski definition) is 1. The zero-order chi connectivity index (χ0) is 18.1. The summed E-state index contributed by atoms with van der Waals surface area (Å²) in [7, 11) is 0. The monoisotopic (exact) mass is 362 g/mol. The van der Waals surface area contributed by atoms with Gasteiger partial charge in [0.25, 0.3) is 0 Å². The Morgan fingerprint density at radius 1 is 1.23 bits per heavy atom. The van der Waals surface area contributed by atoms with Gasteiger partial charge in [0.05, 0.1) is 28.7 Å². The first-order valence-electron chi connectivity index (χ1n) is 8.30. The lowest BCUT2D eigenvalue weighted by molar-refractivity contribution is 0.546. The summed E-state index contributed by atoms with van der Waals surface area (Å²) in [5.41, 5.74) is 9.58. The summed E-state index contributed by atoms with van der Waals surface area (Å²) < 4.78 is 1.91. The first-order chi connectivity index (χ1) is 12.6. The number of aliphatic imine (C=N–C) groups is 1. The summed E-state index contributed by atoms with van der Waals surface area (Å²) in [4.78, 5) is 14.5. The lowest BCUT2D eigenvalue weighted by Crippen LogP contribution is -2.14. The summed E-state index contributed by atoms with van der Waals surface area (Å²) in [6.45, 7) is 4.16. The molecular weight excluding hydrogens is 344 g/mol. The molecule has 130 valence electrons. The second kappa shape index (κ2) is 6.68. The highest BCUT2D eigenvalue weighted by molar-refractivity contribution is 7.13. The van der Waals surface area contributed by atoms with Crippen molar-refractivity contribution in [3.05, 3.63) is 59.9 Å². The van der Waals surface area contributed by atoms with Crippen LogP contribution in [0.3, 0.4) is 0 Å². The number of hydrogen-bond acceptors (Lipinski definition) is 5. The Labute approximate surface area is 155 Å². The minimum Gasteiger partial charge on any atom is -0.383 e. The van der Waals surface area contributed by atoms with E-state index in [2.05, 4.69) is 28.9 Å². The van der Waals surface area contributed by atoms with Crippen LogP contribution >= 0.6 is 11.3 Å². The lowest BCUT2D eigenvalue weighted by Gasteiger charge is -2.10. The molecule has 0 amide bonds. The summed E-state index contributed by atoms with van der Waals surface area (Å²) >= 11 is 1.64. The van der Waals surface area contributed by atoms with Crippen molar-refractivity contribution in [1.82, 2.24) is 19.7 Å². The quantitative estimate of drug-likeness (QED) is 0.436. The van der Waals surface area contributed by atoms with Gasteiger partial charge in [0.15, 0.2) is 5.65 Å². The van der Waals surface area contributed by atoms with E-state index >= 15 is 0 Å². The van der Waals surface area contributed by atoms with Crippen molar-refractivity contribution in [2.75, 3.05) is 0 Å². The first kappa shape index (κ1) is 16.4. The molecule has 0 bridgehead atoms. The Bertz CT molecular complexity index is 1060. The molecule has 0 saturated carbocycles. The van der Waals surface area contributed by atoms with E-state index in [1.165, 1.54) is 0 Å². The molecule has 4 aromatic heterocycles. The molecular formula is C19H18N6S. The van der Waals surface area contributed by atoms with Gasteiger partial charge in [-0.05, 0) is 43.5 Å². The molecule has 4 heterocycles. The predicted octanol–water partition coefficient (Wildman–Crippen LogP) is 4.17. The first-order valence-corrected chi connectivity index (χ1v) is 9.18. The smallest absolute Gasteiger partial charge is 0.159 e. The molecule has 7 heteroatoms. The van der Waals surface area contributed by atoms with Crippen LogP contribution in [0.25, 0.3) is 21.6 Å². The topological polar surface area (TPSA) is 82.0 Å². The maximum absolute atomic E-state index is 6.36. The third-order valence-electron chi connectivity index (χ3n) is 4.00. The number of thiophene rings is 1. The molecule has 0 aliphatic heterocycles. The minimum atomic E-state index is 0.197. The van der Waals surface area contributed by atoms with Crippen LogP contribution < -0.4 is 5.73 Å². The van der Waals surface area contributed by atoms with Crippen molar-refractivity contribution < 1.29 is 0 Å². The summed E-state index contributed by atoms with van der Waals surface area (Å²) in [5, 5.41) is 7.43. The molecule has 6 nitrogen and oxygen atoms in total. The average molecular weight is 362 g/mol. The van der Waals surface area contributed by atoms with E-state index in [0.29, 0.717) is 11.5 Å². The number of nitrogens with zero attached hydrogens (tertiary/aromatic N) is 5. The Kier molecular flexibility index (Phi) is 4.22. The summed E-state index contributed by atoms with van der Waals surface area (Å²) in [6, 6.07) is 9.95. The maximum atomic E-state index is 6.36. The van der Waals surface area contributed by atoms with Gasteiger partial charge in [-0.2, -0.15) is 5.10 Å². The van der Waals surface area contributed by atoms with Crippen LogP contribution in [-0.4, -0.2) is 25.6 Å². The van der Waals surface area contributed by atoms with Gasteiger partial charge in [-0.3, -0.25) is 4.98 Å². The highest BCUT2D eigenvalue weighted by Crippen LogP contribution is 2.29. The molecule has 0 radical (unpaired) electrons. The molecule has 0 aromatic carbocycles. The fourth-order valence-corrected chi connectivity index (χ4v) is 3.46. The Balaban J connectivity index is 1.94. The van der Waals surface area contributed by atoms with E-state index in [4.69, 9.17) is 10.7 Å². The summed E-state index contributed by atoms with van der Waals surface area (Å²) in [6.07, 6.45) is 5.20. The van der Waals surface area contributed by atoms with E-state index in [0.717, 1.165) is 27.2 Å². The van der Waals surface area contributed by atoms with Crippen molar-refractivity contribution in [2.45, 2.75) is 19.9 Å². The molecule has 0 fully saturated rings. The van der Waals surface area contributed by atoms with E-state index in [1.54, 1.807) is 23.7 Å². The number of aromatic nitrogens is 4. The molecule has 4 aromatic rings. The summed E-state index contributed by atoms with van der Waals surface area (Å²) in [5.74, 6) is 0.423. The predicted molar refractivity (Wildman–Crippen MR) is 106 cm³/mol.